The van der Waals surface area contributed by atoms with Gasteiger partial charge in [0.25, 0.3) is 0 Å². The summed E-state index contributed by atoms with van der Waals surface area (Å²) in [4.78, 5) is 16.1. The lowest BCUT2D eigenvalue weighted by atomic mass is 10.1. The van der Waals surface area contributed by atoms with Crippen LogP contribution in [0.25, 0.3) is 0 Å². The highest BCUT2D eigenvalue weighted by molar-refractivity contribution is 5.88. The lowest BCUT2D eigenvalue weighted by Gasteiger charge is -2.07. The Morgan fingerprint density at radius 3 is 2.15 bits per heavy atom. The molecule has 0 spiro atoms. The zero-order valence-electron chi connectivity index (χ0n) is 8.94. The fraction of sp³-hybridized carbons (Fsp3) is 0.700. The van der Waals surface area contributed by atoms with Gasteiger partial charge in [0, 0.05) is 12.1 Å². The first-order valence-electron chi connectivity index (χ1n) is 4.79. The van der Waals surface area contributed by atoms with E-state index in [0.29, 0.717) is 6.54 Å². The van der Waals surface area contributed by atoms with E-state index in [0.717, 1.165) is 24.0 Å². The third kappa shape index (κ3) is 4.08. The summed E-state index contributed by atoms with van der Waals surface area (Å²) in [6.45, 7) is 8.41. The van der Waals surface area contributed by atoms with E-state index in [2.05, 4.69) is 5.48 Å². The van der Waals surface area contributed by atoms with E-state index in [-0.39, 0.29) is 5.97 Å². The topological polar surface area (TPSA) is 38.3 Å². The Bertz CT molecular complexity index is 191. The number of carbonyl (C=O) groups excluding carboxylic acids is 1. The Morgan fingerprint density at radius 2 is 1.77 bits per heavy atom. The summed E-state index contributed by atoms with van der Waals surface area (Å²) in [5, 5.41) is 0. The van der Waals surface area contributed by atoms with Crippen molar-refractivity contribution in [1.82, 2.24) is 5.48 Å². The van der Waals surface area contributed by atoms with Crippen molar-refractivity contribution >= 4 is 5.97 Å². The predicted octanol–water partition coefficient (Wildman–Crippen LogP) is 2.19. The van der Waals surface area contributed by atoms with Gasteiger partial charge in [-0.1, -0.05) is 19.4 Å². The molecule has 0 aliphatic carbocycles. The molecule has 0 radical (unpaired) electrons. The Labute approximate surface area is 80.1 Å². The smallest absolute Gasteiger partial charge is 0.352 e. The van der Waals surface area contributed by atoms with Gasteiger partial charge in [-0.15, -0.1) is 0 Å². The van der Waals surface area contributed by atoms with Crippen molar-refractivity contribution in [1.29, 1.82) is 0 Å². The monoisotopic (exact) mass is 185 g/mol. The van der Waals surface area contributed by atoms with Crippen LogP contribution >= 0.6 is 0 Å². The summed E-state index contributed by atoms with van der Waals surface area (Å²) in [7, 11) is 0. The standard InChI is InChI=1S/C10H19NO2/c1-5-9(6-2)8(4)10(12)13-11-7-3/h11H,5-7H2,1-4H3. The molecule has 1 N–H and O–H groups in total. The summed E-state index contributed by atoms with van der Waals surface area (Å²) >= 11 is 0. The van der Waals surface area contributed by atoms with Crippen LogP contribution in [0.4, 0.5) is 0 Å². The molecule has 3 nitrogen and oxygen atoms in total. The minimum atomic E-state index is -0.263. The van der Waals surface area contributed by atoms with Crippen molar-refractivity contribution in [3.63, 3.8) is 0 Å². The quantitative estimate of drug-likeness (QED) is 0.527. The van der Waals surface area contributed by atoms with Crippen molar-refractivity contribution in [2.24, 2.45) is 0 Å². The van der Waals surface area contributed by atoms with Crippen LogP contribution in [0.15, 0.2) is 11.1 Å². The Kier molecular flexibility index (Phi) is 6.24. The van der Waals surface area contributed by atoms with Gasteiger partial charge in [0.1, 0.15) is 0 Å². The molecule has 0 aliphatic heterocycles. The molecule has 0 fully saturated rings. The third-order valence-corrected chi connectivity index (χ3v) is 2.00. The summed E-state index contributed by atoms with van der Waals surface area (Å²) in [5.41, 5.74) is 4.43. The van der Waals surface area contributed by atoms with E-state index in [1.54, 1.807) is 0 Å². The Hall–Kier alpha value is -0.830. The molecule has 0 rings (SSSR count). The minimum absolute atomic E-state index is 0.263. The van der Waals surface area contributed by atoms with Crippen molar-refractivity contribution in [3.8, 4) is 0 Å². The molecule has 13 heavy (non-hydrogen) atoms. The number of hydroxylamine groups is 1. The molecule has 0 bridgehead atoms. The molecule has 0 aliphatic rings. The van der Waals surface area contributed by atoms with Gasteiger partial charge >= 0.3 is 5.97 Å². The van der Waals surface area contributed by atoms with Gasteiger partial charge in [-0.3, -0.25) is 0 Å². The van der Waals surface area contributed by atoms with E-state index in [9.17, 15) is 4.79 Å². The van der Waals surface area contributed by atoms with Crippen LogP contribution in [-0.2, 0) is 9.63 Å². The number of carbonyl (C=O) groups is 1. The Morgan fingerprint density at radius 1 is 1.23 bits per heavy atom. The van der Waals surface area contributed by atoms with Crippen LogP contribution in [0.1, 0.15) is 40.5 Å². The first kappa shape index (κ1) is 12.2. The van der Waals surface area contributed by atoms with Crippen LogP contribution < -0.4 is 5.48 Å². The van der Waals surface area contributed by atoms with E-state index in [4.69, 9.17) is 4.84 Å². The van der Waals surface area contributed by atoms with Gasteiger partial charge in [-0.05, 0) is 26.7 Å². The van der Waals surface area contributed by atoms with E-state index in [1.165, 1.54) is 0 Å². The molecule has 0 atom stereocenters. The molecule has 0 aromatic carbocycles. The first-order chi connectivity index (χ1) is 6.17. The fourth-order valence-corrected chi connectivity index (χ4v) is 1.14. The normalized spacial score (nSPS) is 9.54. The van der Waals surface area contributed by atoms with Gasteiger partial charge in [0.2, 0.25) is 0 Å². The van der Waals surface area contributed by atoms with Gasteiger partial charge in [-0.2, -0.15) is 5.48 Å². The second-order valence-corrected chi connectivity index (χ2v) is 2.82. The second-order valence-electron chi connectivity index (χ2n) is 2.82. The summed E-state index contributed by atoms with van der Waals surface area (Å²) < 4.78 is 0. The van der Waals surface area contributed by atoms with Crippen molar-refractivity contribution in [2.45, 2.75) is 40.5 Å². The van der Waals surface area contributed by atoms with Crippen LogP contribution in [0.3, 0.4) is 0 Å². The van der Waals surface area contributed by atoms with Crippen molar-refractivity contribution in [2.75, 3.05) is 6.54 Å². The largest absolute Gasteiger partial charge is 0.367 e. The zero-order valence-corrected chi connectivity index (χ0v) is 8.94. The maximum absolute atomic E-state index is 11.3. The van der Waals surface area contributed by atoms with E-state index < -0.39 is 0 Å². The lowest BCUT2D eigenvalue weighted by Crippen LogP contribution is -2.20. The first-order valence-corrected chi connectivity index (χ1v) is 4.79. The highest BCUT2D eigenvalue weighted by atomic mass is 16.7. The minimum Gasteiger partial charge on any atom is -0.367 e. The zero-order chi connectivity index (χ0) is 10.3. The lowest BCUT2D eigenvalue weighted by molar-refractivity contribution is -0.146. The number of hydrogen-bond acceptors (Lipinski definition) is 3. The summed E-state index contributed by atoms with van der Waals surface area (Å²) in [6, 6.07) is 0. The number of hydrogen-bond donors (Lipinski definition) is 1. The van der Waals surface area contributed by atoms with Crippen LogP contribution in [0.5, 0.6) is 0 Å². The maximum atomic E-state index is 11.3. The van der Waals surface area contributed by atoms with Crippen LogP contribution in [0, 0.1) is 0 Å². The number of nitrogens with one attached hydrogen (secondary N) is 1. The Balaban J connectivity index is 4.28. The molecule has 0 saturated heterocycles. The molecule has 0 amide bonds. The van der Waals surface area contributed by atoms with Gasteiger partial charge in [0.15, 0.2) is 0 Å². The van der Waals surface area contributed by atoms with Gasteiger partial charge in [0.05, 0.1) is 0 Å². The predicted molar refractivity (Wildman–Crippen MR) is 53.1 cm³/mol. The summed E-state index contributed by atoms with van der Waals surface area (Å²) in [5.74, 6) is -0.263. The maximum Gasteiger partial charge on any atom is 0.352 e. The molecule has 3 heteroatoms. The van der Waals surface area contributed by atoms with E-state index >= 15 is 0 Å². The SMILES string of the molecule is CCNOC(=O)C(C)=C(CC)CC. The van der Waals surface area contributed by atoms with Crippen molar-refractivity contribution in [3.05, 3.63) is 11.1 Å². The molecule has 0 aromatic heterocycles. The van der Waals surface area contributed by atoms with Gasteiger partial charge < -0.3 is 4.84 Å². The average Bonchev–Trinajstić information content (AvgIpc) is 2.15. The average molecular weight is 185 g/mol. The summed E-state index contributed by atoms with van der Waals surface area (Å²) in [6.07, 6.45) is 1.81. The molecule has 0 unspecified atom stereocenters. The van der Waals surface area contributed by atoms with Crippen LogP contribution in [-0.4, -0.2) is 12.5 Å². The van der Waals surface area contributed by atoms with E-state index in [1.807, 2.05) is 27.7 Å². The highest BCUT2D eigenvalue weighted by Gasteiger charge is 2.09. The molecule has 76 valence electrons. The number of allylic oxidation sites excluding steroid dienone is 1. The molecule has 0 aromatic rings. The number of rotatable bonds is 5. The second kappa shape index (κ2) is 6.66. The molecular weight excluding hydrogens is 166 g/mol. The van der Waals surface area contributed by atoms with Crippen molar-refractivity contribution < 1.29 is 9.63 Å². The van der Waals surface area contributed by atoms with Gasteiger partial charge in [-0.25, -0.2) is 4.79 Å². The van der Waals surface area contributed by atoms with Crippen LogP contribution in [0.2, 0.25) is 0 Å². The molecule has 0 saturated carbocycles. The molecule has 0 heterocycles. The molecular formula is C10H19NO2. The third-order valence-electron chi connectivity index (χ3n) is 2.00. The fourth-order valence-electron chi connectivity index (χ4n) is 1.14. The highest BCUT2D eigenvalue weighted by Crippen LogP contribution is 2.12.